The number of benzene rings is 2. The van der Waals surface area contributed by atoms with Crippen molar-refractivity contribution < 1.29 is 13.2 Å². The molecule has 1 amide bonds. The molecule has 0 aliphatic rings. The van der Waals surface area contributed by atoms with Crippen LogP contribution in [0.3, 0.4) is 0 Å². The van der Waals surface area contributed by atoms with Gasteiger partial charge in [-0.05, 0) is 55.0 Å². The van der Waals surface area contributed by atoms with E-state index in [1.165, 1.54) is 0 Å². The quantitative estimate of drug-likeness (QED) is 0.405. The lowest BCUT2D eigenvalue weighted by molar-refractivity contribution is -0.121. The Labute approximate surface area is 178 Å². The smallest absolute Gasteiger partial charge is 0.240 e. The van der Waals surface area contributed by atoms with Crippen molar-refractivity contribution in [2.24, 2.45) is 0 Å². The third-order valence-electron chi connectivity index (χ3n) is 4.18. The molecule has 3 rings (SSSR count). The maximum absolute atomic E-state index is 12.3. The molecule has 0 radical (unpaired) electrons. The van der Waals surface area contributed by atoms with Gasteiger partial charge in [0.25, 0.3) is 0 Å². The van der Waals surface area contributed by atoms with Gasteiger partial charge in [-0.2, -0.15) is 5.10 Å². The number of H-pyrrole nitrogens is 1. The Balaban J connectivity index is 1.56. The van der Waals surface area contributed by atoms with Crippen molar-refractivity contribution in [3.63, 3.8) is 0 Å². The Kier molecular flexibility index (Phi) is 6.83. The van der Waals surface area contributed by atoms with Gasteiger partial charge in [-0.3, -0.25) is 14.5 Å². The third-order valence-corrected chi connectivity index (χ3v) is 6.56. The minimum atomic E-state index is -3.36. The maximum Gasteiger partial charge on any atom is 0.240 e. The summed E-state index contributed by atoms with van der Waals surface area (Å²) in [6.07, 6.45) is 0.309. The standard InChI is InChI=1S/C19H19ClN4O3S2/c20-15-9-7-14(8-10-15)18-22-23-19(28)24(18)13-17(25)21-11-4-12-29(26,27)16-5-2-1-3-6-16/h1-3,5-10H,4,11-13H2,(H,21,25)(H,23,28). The molecular formula is C19H19ClN4O3S2. The number of nitrogens with zero attached hydrogens (tertiary/aromatic N) is 2. The molecular weight excluding hydrogens is 432 g/mol. The summed E-state index contributed by atoms with van der Waals surface area (Å²) in [5, 5.41) is 10.2. The molecule has 10 heteroatoms. The van der Waals surface area contributed by atoms with Crippen molar-refractivity contribution in [1.29, 1.82) is 0 Å². The first-order valence-electron chi connectivity index (χ1n) is 8.82. The Morgan fingerprint density at radius 3 is 2.52 bits per heavy atom. The van der Waals surface area contributed by atoms with Crippen LogP contribution in [0.15, 0.2) is 59.5 Å². The number of amides is 1. The summed E-state index contributed by atoms with van der Waals surface area (Å²) in [7, 11) is -3.36. The van der Waals surface area contributed by atoms with E-state index in [2.05, 4.69) is 15.5 Å². The Bertz CT molecular complexity index is 1140. The zero-order chi connectivity index (χ0) is 20.9. The van der Waals surface area contributed by atoms with Gasteiger partial charge in [0.15, 0.2) is 20.4 Å². The molecule has 0 aliphatic carbocycles. The third kappa shape index (κ3) is 5.53. The molecule has 152 valence electrons. The first-order valence-corrected chi connectivity index (χ1v) is 11.3. The second kappa shape index (κ2) is 9.34. The van der Waals surface area contributed by atoms with Crippen molar-refractivity contribution >= 4 is 39.6 Å². The van der Waals surface area contributed by atoms with Gasteiger partial charge in [0.1, 0.15) is 6.54 Å². The van der Waals surface area contributed by atoms with E-state index in [4.69, 9.17) is 23.8 Å². The van der Waals surface area contributed by atoms with Gasteiger partial charge < -0.3 is 5.32 Å². The number of nitrogens with one attached hydrogen (secondary N) is 2. The second-order valence-corrected chi connectivity index (χ2v) is 9.21. The predicted octanol–water partition coefficient (Wildman–Crippen LogP) is 3.24. The van der Waals surface area contributed by atoms with Crippen LogP contribution < -0.4 is 5.32 Å². The van der Waals surface area contributed by atoms with Gasteiger partial charge in [-0.1, -0.05) is 29.8 Å². The summed E-state index contributed by atoms with van der Waals surface area (Å²) in [5.74, 6) is 0.196. The van der Waals surface area contributed by atoms with Crippen LogP contribution >= 0.6 is 23.8 Å². The van der Waals surface area contributed by atoms with Crippen molar-refractivity contribution in [1.82, 2.24) is 20.1 Å². The van der Waals surface area contributed by atoms with E-state index in [0.717, 1.165) is 5.56 Å². The van der Waals surface area contributed by atoms with Crippen molar-refractivity contribution in [2.45, 2.75) is 17.9 Å². The van der Waals surface area contributed by atoms with Crippen LogP contribution in [0.25, 0.3) is 11.4 Å². The summed E-state index contributed by atoms with van der Waals surface area (Å²) < 4.78 is 26.4. The molecule has 2 N–H and O–H groups in total. The van der Waals surface area contributed by atoms with E-state index in [1.54, 1.807) is 59.2 Å². The molecule has 0 saturated carbocycles. The van der Waals surface area contributed by atoms with Crippen LogP contribution in [0.4, 0.5) is 0 Å². The Morgan fingerprint density at radius 1 is 1.14 bits per heavy atom. The summed E-state index contributed by atoms with van der Waals surface area (Å²) in [4.78, 5) is 12.6. The molecule has 0 aliphatic heterocycles. The number of hydrogen-bond acceptors (Lipinski definition) is 5. The van der Waals surface area contributed by atoms with Crippen molar-refractivity contribution in [3.05, 3.63) is 64.4 Å². The monoisotopic (exact) mass is 450 g/mol. The topological polar surface area (TPSA) is 96.8 Å². The summed E-state index contributed by atoms with van der Waals surface area (Å²) in [6, 6.07) is 15.3. The summed E-state index contributed by atoms with van der Waals surface area (Å²) >= 11 is 11.1. The fourth-order valence-corrected chi connectivity index (χ4v) is 4.37. The molecule has 3 aromatic rings. The van der Waals surface area contributed by atoms with Gasteiger partial charge in [-0.25, -0.2) is 8.42 Å². The van der Waals surface area contributed by atoms with Crippen LogP contribution in [-0.4, -0.2) is 41.4 Å². The second-order valence-electron chi connectivity index (χ2n) is 6.28. The van der Waals surface area contributed by atoms with Gasteiger partial charge in [0, 0.05) is 17.1 Å². The van der Waals surface area contributed by atoms with Gasteiger partial charge >= 0.3 is 0 Å². The number of rotatable bonds is 8. The lowest BCUT2D eigenvalue weighted by atomic mass is 10.2. The summed E-state index contributed by atoms with van der Waals surface area (Å²) in [6.45, 7) is 0.213. The van der Waals surface area contributed by atoms with E-state index in [-0.39, 0.29) is 29.6 Å². The molecule has 0 atom stereocenters. The van der Waals surface area contributed by atoms with E-state index >= 15 is 0 Å². The minimum Gasteiger partial charge on any atom is -0.355 e. The molecule has 0 spiro atoms. The number of hydrogen-bond donors (Lipinski definition) is 2. The number of carbonyl (C=O) groups excluding carboxylic acids is 1. The molecule has 0 bridgehead atoms. The van der Waals surface area contributed by atoms with Crippen LogP contribution in [0.2, 0.25) is 5.02 Å². The molecule has 1 heterocycles. The number of sulfone groups is 1. The van der Waals surface area contributed by atoms with E-state index in [0.29, 0.717) is 22.0 Å². The number of aromatic nitrogens is 3. The van der Waals surface area contributed by atoms with Crippen LogP contribution in [-0.2, 0) is 21.2 Å². The molecule has 0 unspecified atom stereocenters. The van der Waals surface area contributed by atoms with Gasteiger partial charge in [-0.15, -0.1) is 0 Å². The lowest BCUT2D eigenvalue weighted by Gasteiger charge is -2.09. The first-order chi connectivity index (χ1) is 13.9. The maximum atomic E-state index is 12.3. The van der Waals surface area contributed by atoms with E-state index in [1.807, 2.05) is 0 Å². The normalized spacial score (nSPS) is 11.3. The average Bonchev–Trinajstić information content (AvgIpc) is 3.07. The van der Waals surface area contributed by atoms with Crippen LogP contribution in [0.1, 0.15) is 6.42 Å². The Hall–Kier alpha value is -2.49. The fourth-order valence-electron chi connectivity index (χ4n) is 2.72. The molecule has 0 saturated heterocycles. The zero-order valence-corrected chi connectivity index (χ0v) is 17.7. The van der Waals surface area contributed by atoms with E-state index < -0.39 is 9.84 Å². The highest BCUT2D eigenvalue weighted by atomic mass is 35.5. The van der Waals surface area contributed by atoms with Crippen LogP contribution in [0.5, 0.6) is 0 Å². The highest BCUT2D eigenvalue weighted by Crippen LogP contribution is 2.19. The van der Waals surface area contributed by atoms with Crippen LogP contribution in [0, 0.1) is 4.77 Å². The highest BCUT2D eigenvalue weighted by molar-refractivity contribution is 7.91. The SMILES string of the molecule is O=C(Cn1c(-c2ccc(Cl)cc2)n[nH]c1=S)NCCCS(=O)(=O)c1ccccc1. The molecule has 0 fully saturated rings. The predicted molar refractivity (Wildman–Crippen MR) is 114 cm³/mol. The number of carbonyl (C=O) groups is 1. The molecule has 29 heavy (non-hydrogen) atoms. The van der Waals surface area contributed by atoms with Crippen molar-refractivity contribution in [2.75, 3.05) is 12.3 Å². The Morgan fingerprint density at radius 2 is 1.83 bits per heavy atom. The summed E-state index contributed by atoms with van der Waals surface area (Å²) in [5.41, 5.74) is 0.767. The molecule has 1 aromatic heterocycles. The molecule has 2 aromatic carbocycles. The van der Waals surface area contributed by atoms with E-state index in [9.17, 15) is 13.2 Å². The fraction of sp³-hybridized carbons (Fsp3) is 0.211. The first kappa shape index (κ1) is 21.2. The lowest BCUT2D eigenvalue weighted by Crippen LogP contribution is -2.29. The average molecular weight is 451 g/mol. The number of halogens is 1. The van der Waals surface area contributed by atoms with Gasteiger partial charge in [0.05, 0.1) is 10.6 Å². The minimum absolute atomic E-state index is 0.0290. The number of aromatic amines is 1. The highest BCUT2D eigenvalue weighted by Gasteiger charge is 2.15. The molecule has 7 nitrogen and oxygen atoms in total. The van der Waals surface area contributed by atoms with Gasteiger partial charge in [0.2, 0.25) is 5.91 Å². The zero-order valence-electron chi connectivity index (χ0n) is 15.3. The largest absolute Gasteiger partial charge is 0.355 e. The van der Waals surface area contributed by atoms with Crippen molar-refractivity contribution in [3.8, 4) is 11.4 Å².